The van der Waals surface area contributed by atoms with Crippen LogP contribution < -0.4 is 10.2 Å². The van der Waals surface area contributed by atoms with Crippen molar-refractivity contribution in [3.63, 3.8) is 0 Å². The van der Waals surface area contributed by atoms with Crippen molar-refractivity contribution in [1.29, 1.82) is 0 Å². The number of amides is 1. The van der Waals surface area contributed by atoms with Crippen LogP contribution in [0.4, 0.5) is 48.5 Å². The third-order valence-corrected chi connectivity index (χ3v) is 4.41. The van der Waals surface area contributed by atoms with E-state index in [9.17, 15) is 31.1 Å². The monoisotopic (exact) mass is 435 g/mol. The zero-order valence-electron chi connectivity index (χ0n) is 15.1. The molecule has 2 aromatic rings. The van der Waals surface area contributed by atoms with Crippen molar-refractivity contribution in [2.75, 3.05) is 36.4 Å². The van der Waals surface area contributed by atoms with Gasteiger partial charge in [-0.15, -0.1) is 0 Å². The highest BCUT2D eigenvalue weighted by molar-refractivity contribution is 5.75. The second-order valence-electron chi connectivity index (χ2n) is 6.37. The van der Waals surface area contributed by atoms with Gasteiger partial charge in [0.2, 0.25) is 5.95 Å². The second kappa shape index (κ2) is 7.88. The normalized spacial score (nSPS) is 15.3. The minimum atomic E-state index is -4.75. The molecule has 0 bridgehead atoms. The number of alkyl halides is 6. The molecular formula is C17H15F6N5O2. The molecule has 0 aliphatic carbocycles. The van der Waals surface area contributed by atoms with Crippen LogP contribution in [0.25, 0.3) is 0 Å². The summed E-state index contributed by atoms with van der Waals surface area (Å²) in [5.74, 6) is -0.519. The maximum atomic E-state index is 13.1. The molecule has 2 N–H and O–H groups in total. The molecule has 0 spiro atoms. The predicted molar refractivity (Wildman–Crippen MR) is 93.6 cm³/mol. The third kappa shape index (κ3) is 4.83. The minimum Gasteiger partial charge on any atom is -0.465 e. The first kappa shape index (κ1) is 21.5. The molecule has 13 heteroatoms. The maximum absolute atomic E-state index is 13.1. The Labute approximate surface area is 165 Å². The SMILES string of the molecule is O=C(O)N1CCN(c2ccc(C(F)(F)F)cc2Nc2nccc(C(F)(F)F)n2)CC1. The van der Waals surface area contributed by atoms with E-state index in [1.807, 2.05) is 0 Å². The van der Waals surface area contributed by atoms with Gasteiger partial charge in [-0.25, -0.2) is 14.8 Å². The molecule has 0 radical (unpaired) electrons. The quantitative estimate of drug-likeness (QED) is 0.708. The van der Waals surface area contributed by atoms with Gasteiger partial charge < -0.3 is 20.2 Å². The highest BCUT2D eigenvalue weighted by Gasteiger charge is 2.34. The van der Waals surface area contributed by atoms with E-state index >= 15 is 0 Å². The Morgan fingerprint density at radius 3 is 2.23 bits per heavy atom. The van der Waals surface area contributed by atoms with E-state index in [-0.39, 0.29) is 37.6 Å². The molecule has 3 rings (SSSR count). The zero-order chi connectivity index (χ0) is 22.1. The molecule has 1 fully saturated rings. The van der Waals surface area contributed by atoms with E-state index in [0.29, 0.717) is 6.07 Å². The number of piperazine rings is 1. The zero-order valence-corrected chi connectivity index (χ0v) is 15.1. The van der Waals surface area contributed by atoms with Crippen molar-refractivity contribution in [3.8, 4) is 0 Å². The van der Waals surface area contributed by atoms with Crippen LogP contribution in [0.1, 0.15) is 11.3 Å². The van der Waals surface area contributed by atoms with Crippen LogP contribution in [0.5, 0.6) is 0 Å². The summed E-state index contributed by atoms with van der Waals surface area (Å²) in [5.41, 5.74) is -2.14. The van der Waals surface area contributed by atoms with Crippen molar-refractivity contribution in [2.24, 2.45) is 0 Å². The summed E-state index contributed by atoms with van der Waals surface area (Å²) in [5, 5.41) is 11.5. The Morgan fingerprint density at radius 1 is 1.00 bits per heavy atom. The average Bonchev–Trinajstić information content (AvgIpc) is 2.67. The molecule has 1 saturated heterocycles. The van der Waals surface area contributed by atoms with E-state index < -0.39 is 35.7 Å². The molecule has 0 atom stereocenters. The number of aromatic nitrogens is 2. The predicted octanol–water partition coefficient (Wildman–Crippen LogP) is 4.06. The first-order chi connectivity index (χ1) is 13.9. The number of nitrogens with zero attached hydrogens (tertiary/aromatic N) is 4. The van der Waals surface area contributed by atoms with Crippen molar-refractivity contribution < 1.29 is 36.2 Å². The molecule has 1 amide bonds. The first-order valence-corrected chi connectivity index (χ1v) is 8.56. The number of carboxylic acid groups (broad SMARTS) is 1. The lowest BCUT2D eigenvalue weighted by Gasteiger charge is -2.35. The number of nitrogens with one attached hydrogen (secondary N) is 1. The van der Waals surface area contributed by atoms with Crippen molar-refractivity contribution in [3.05, 3.63) is 41.7 Å². The van der Waals surface area contributed by atoms with Crippen LogP contribution in [0.15, 0.2) is 30.5 Å². The number of hydrogen-bond acceptors (Lipinski definition) is 5. The van der Waals surface area contributed by atoms with Gasteiger partial charge in [0, 0.05) is 32.4 Å². The van der Waals surface area contributed by atoms with Gasteiger partial charge in [0.1, 0.15) is 5.69 Å². The molecule has 162 valence electrons. The fourth-order valence-corrected chi connectivity index (χ4v) is 2.92. The number of carbonyl (C=O) groups is 1. The Hall–Kier alpha value is -3.25. The number of rotatable bonds is 3. The Morgan fingerprint density at radius 2 is 1.67 bits per heavy atom. The molecule has 1 aromatic heterocycles. The van der Waals surface area contributed by atoms with Gasteiger partial charge in [-0.05, 0) is 24.3 Å². The number of hydrogen-bond donors (Lipinski definition) is 2. The van der Waals surface area contributed by atoms with Gasteiger partial charge in [0.15, 0.2) is 0 Å². The summed E-state index contributed by atoms with van der Waals surface area (Å²) in [7, 11) is 0. The molecule has 1 aromatic carbocycles. The summed E-state index contributed by atoms with van der Waals surface area (Å²) >= 11 is 0. The topological polar surface area (TPSA) is 81.6 Å². The standard InChI is InChI=1S/C17H15F6N5O2/c18-16(19,20)10-1-2-12(27-5-7-28(8-6-27)15(29)30)11(9-10)25-14-24-4-3-13(26-14)17(21,22)23/h1-4,9H,5-8H2,(H,29,30)(H,24,25,26). The fraction of sp³-hybridized carbons (Fsp3) is 0.353. The fourth-order valence-electron chi connectivity index (χ4n) is 2.92. The van der Waals surface area contributed by atoms with Gasteiger partial charge >= 0.3 is 18.4 Å². The number of benzene rings is 1. The van der Waals surface area contributed by atoms with E-state index in [1.165, 1.54) is 6.07 Å². The highest BCUT2D eigenvalue weighted by atomic mass is 19.4. The van der Waals surface area contributed by atoms with Gasteiger partial charge in [-0.2, -0.15) is 26.3 Å². The Bertz CT molecular complexity index is 926. The van der Waals surface area contributed by atoms with E-state index in [4.69, 9.17) is 5.11 Å². The van der Waals surface area contributed by atoms with Crippen LogP contribution >= 0.6 is 0 Å². The molecule has 1 aliphatic rings. The molecule has 2 heterocycles. The second-order valence-corrected chi connectivity index (χ2v) is 6.37. The Balaban J connectivity index is 1.94. The van der Waals surface area contributed by atoms with Gasteiger partial charge in [0.05, 0.1) is 16.9 Å². The van der Waals surface area contributed by atoms with E-state index in [0.717, 1.165) is 23.2 Å². The summed E-state index contributed by atoms with van der Waals surface area (Å²) in [4.78, 5) is 20.8. The first-order valence-electron chi connectivity index (χ1n) is 8.56. The van der Waals surface area contributed by atoms with E-state index in [2.05, 4.69) is 15.3 Å². The summed E-state index contributed by atoms with van der Waals surface area (Å²) in [6, 6.07) is 3.41. The van der Waals surface area contributed by atoms with E-state index in [1.54, 1.807) is 4.90 Å². The van der Waals surface area contributed by atoms with Crippen molar-refractivity contribution in [1.82, 2.24) is 14.9 Å². The van der Waals surface area contributed by atoms with Crippen LogP contribution in [0, 0.1) is 0 Å². The van der Waals surface area contributed by atoms with Crippen molar-refractivity contribution >= 4 is 23.4 Å². The lowest BCUT2D eigenvalue weighted by atomic mass is 10.1. The average molecular weight is 435 g/mol. The maximum Gasteiger partial charge on any atom is 0.433 e. The molecule has 30 heavy (non-hydrogen) atoms. The number of anilines is 3. The van der Waals surface area contributed by atoms with Crippen LogP contribution in [-0.4, -0.2) is 52.2 Å². The Kier molecular flexibility index (Phi) is 5.63. The van der Waals surface area contributed by atoms with Crippen molar-refractivity contribution in [2.45, 2.75) is 12.4 Å². The molecule has 1 aliphatic heterocycles. The molecular weight excluding hydrogens is 420 g/mol. The van der Waals surface area contributed by atoms with Gasteiger partial charge in [-0.1, -0.05) is 0 Å². The third-order valence-electron chi connectivity index (χ3n) is 4.41. The minimum absolute atomic E-state index is 0.121. The van der Waals surface area contributed by atoms with Gasteiger partial charge in [0.25, 0.3) is 0 Å². The molecule has 7 nitrogen and oxygen atoms in total. The smallest absolute Gasteiger partial charge is 0.433 e. The number of halogens is 6. The highest BCUT2D eigenvalue weighted by Crippen LogP contribution is 2.37. The van der Waals surface area contributed by atoms with Crippen LogP contribution in [0.3, 0.4) is 0 Å². The lowest BCUT2D eigenvalue weighted by Crippen LogP contribution is -2.48. The summed E-state index contributed by atoms with van der Waals surface area (Å²) in [6.07, 6.45) is -9.69. The summed E-state index contributed by atoms with van der Waals surface area (Å²) < 4.78 is 78.1. The molecule has 0 unspecified atom stereocenters. The summed E-state index contributed by atoms with van der Waals surface area (Å²) in [6.45, 7) is 0.622. The van der Waals surface area contributed by atoms with Gasteiger partial charge in [-0.3, -0.25) is 0 Å². The van der Waals surface area contributed by atoms with Crippen LogP contribution in [-0.2, 0) is 12.4 Å². The lowest BCUT2D eigenvalue weighted by molar-refractivity contribution is -0.141. The largest absolute Gasteiger partial charge is 0.465 e. The molecule has 0 saturated carbocycles. The van der Waals surface area contributed by atoms with Crippen LogP contribution in [0.2, 0.25) is 0 Å².